The molecule has 0 spiro atoms. The highest BCUT2D eigenvalue weighted by Gasteiger charge is 2.02. The number of carbonyl (C=O) groups excluding carboxylic acids is 1. The molecule has 0 saturated heterocycles. The first-order valence-corrected chi connectivity index (χ1v) is 5.27. The summed E-state index contributed by atoms with van der Waals surface area (Å²) >= 11 is 0. The highest BCUT2D eigenvalue weighted by atomic mass is 19.1. The summed E-state index contributed by atoms with van der Waals surface area (Å²) in [5.74, 6) is 0.0983. The molecule has 0 fully saturated rings. The van der Waals surface area contributed by atoms with E-state index in [-0.39, 0.29) is 17.7 Å². The van der Waals surface area contributed by atoms with Crippen LogP contribution in [0.25, 0.3) is 6.08 Å². The maximum absolute atomic E-state index is 12.9. The van der Waals surface area contributed by atoms with Crippen LogP contribution in [0, 0.1) is 12.7 Å². The second kappa shape index (κ2) is 5.22. The number of benzene rings is 1. The lowest BCUT2D eigenvalue weighted by atomic mass is 10.2. The van der Waals surface area contributed by atoms with Crippen LogP contribution in [-0.2, 0) is 4.79 Å². The number of hydrogen-bond acceptors (Lipinski definition) is 3. The summed E-state index contributed by atoms with van der Waals surface area (Å²) in [7, 11) is 0. The fraction of sp³-hybridized carbons (Fsp3) is 0.0833. The van der Waals surface area contributed by atoms with E-state index in [2.05, 4.69) is 20.5 Å². The maximum atomic E-state index is 12.9. The smallest absolute Gasteiger partial charge is 0.250 e. The summed E-state index contributed by atoms with van der Waals surface area (Å²) in [6.45, 7) is 1.73. The Hall–Kier alpha value is -2.50. The van der Waals surface area contributed by atoms with E-state index in [0.29, 0.717) is 11.4 Å². The van der Waals surface area contributed by atoms with Crippen LogP contribution < -0.4 is 5.32 Å². The van der Waals surface area contributed by atoms with Crippen molar-refractivity contribution in [1.29, 1.82) is 0 Å². The summed E-state index contributed by atoms with van der Waals surface area (Å²) in [6, 6.07) is 5.95. The number of anilines is 1. The largest absolute Gasteiger partial charge is 0.290 e. The zero-order valence-corrected chi connectivity index (χ0v) is 9.64. The van der Waals surface area contributed by atoms with Gasteiger partial charge in [0.2, 0.25) is 5.95 Å². The second-order valence-corrected chi connectivity index (χ2v) is 3.62. The number of aromatic amines is 1. The summed E-state index contributed by atoms with van der Waals surface area (Å²) in [4.78, 5) is 15.4. The Kier molecular flexibility index (Phi) is 3.47. The lowest BCUT2D eigenvalue weighted by molar-refractivity contribution is -0.111. The summed E-state index contributed by atoms with van der Waals surface area (Å²) in [5.41, 5.74) is 0.608. The van der Waals surface area contributed by atoms with E-state index in [4.69, 9.17) is 0 Å². The third-order valence-corrected chi connectivity index (χ3v) is 2.11. The molecule has 0 unspecified atom stereocenters. The number of aromatic nitrogens is 3. The number of aryl methyl sites for hydroxylation is 1. The third-order valence-electron chi connectivity index (χ3n) is 2.11. The van der Waals surface area contributed by atoms with E-state index in [1.807, 2.05) is 0 Å². The zero-order valence-electron chi connectivity index (χ0n) is 9.64. The lowest BCUT2D eigenvalue weighted by Crippen LogP contribution is -2.09. The predicted octanol–water partition coefficient (Wildman–Crippen LogP) is 1.90. The Bertz CT molecular complexity index is 591. The van der Waals surface area contributed by atoms with E-state index in [0.717, 1.165) is 0 Å². The van der Waals surface area contributed by atoms with Gasteiger partial charge >= 0.3 is 0 Å². The number of hydrogen-bond donors (Lipinski definition) is 2. The van der Waals surface area contributed by atoms with Crippen LogP contribution in [0.1, 0.15) is 11.4 Å². The van der Waals surface area contributed by atoms with Crippen molar-refractivity contribution in [3.05, 3.63) is 47.5 Å². The quantitative estimate of drug-likeness (QED) is 0.812. The minimum atomic E-state index is -0.377. The SMILES string of the molecule is Cc1nc(NC(=O)/C=C/c2cccc(F)c2)n[nH]1. The third kappa shape index (κ3) is 3.24. The summed E-state index contributed by atoms with van der Waals surface area (Å²) in [5, 5.41) is 8.84. The van der Waals surface area contributed by atoms with E-state index in [1.165, 1.54) is 24.3 Å². The Labute approximate surface area is 103 Å². The van der Waals surface area contributed by atoms with Gasteiger partial charge in [0.15, 0.2) is 0 Å². The van der Waals surface area contributed by atoms with Crippen molar-refractivity contribution in [1.82, 2.24) is 15.2 Å². The van der Waals surface area contributed by atoms with Crippen LogP contribution in [0.3, 0.4) is 0 Å². The molecule has 2 N–H and O–H groups in total. The highest BCUT2D eigenvalue weighted by Crippen LogP contribution is 2.05. The van der Waals surface area contributed by atoms with Crippen molar-refractivity contribution in [3.8, 4) is 0 Å². The molecule has 0 saturated carbocycles. The van der Waals surface area contributed by atoms with Crippen molar-refractivity contribution < 1.29 is 9.18 Å². The predicted molar refractivity (Wildman–Crippen MR) is 65.2 cm³/mol. The molecule has 2 rings (SSSR count). The molecule has 0 bridgehead atoms. The first kappa shape index (κ1) is 12.0. The molecule has 0 atom stereocenters. The molecule has 0 radical (unpaired) electrons. The molecule has 1 aromatic carbocycles. The van der Waals surface area contributed by atoms with Gasteiger partial charge in [0.25, 0.3) is 5.91 Å². The van der Waals surface area contributed by atoms with E-state index in [1.54, 1.807) is 19.1 Å². The Morgan fingerprint density at radius 1 is 1.50 bits per heavy atom. The molecular formula is C12H11FN4O. The topological polar surface area (TPSA) is 70.7 Å². The number of nitrogens with one attached hydrogen (secondary N) is 2. The van der Waals surface area contributed by atoms with E-state index in [9.17, 15) is 9.18 Å². The van der Waals surface area contributed by atoms with Gasteiger partial charge in [0, 0.05) is 6.08 Å². The van der Waals surface area contributed by atoms with Gasteiger partial charge in [-0.3, -0.25) is 15.2 Å². The average Bonchev–Trinajstić information content (AvgIpc) is 2.72. The molecule has 1 heterocycles. The van der Waals surface area contributed by atoms with Gasteiger partial charge in [0.05, 0.1) is 0 Å². The van der Waals surface area contributed by atoms with Crippen LogP contribution >= 0.6 is 0 Å². The van der Waals surface area contributed by atoms with Crippen molar-refractivity contribution in [2.75, 3.05) is 5.32 Å². The molecule has 92 valence electrons. The normalized spacial score (nSPS) is 10.8. The van der Waals surface area contributed by atoms with Crippen molar-refractivity contribution >= 4 is 17.9 Å². The molecule has 18 heavy (non-hydrogen) atoms. The molecule has 1 amide bonds. The number of H-pyrrole nitrogens is 1. The Balaban J connectivity index is 1.99. The Morgan fingerprint density at radius 2 is 2.33 bits per heavy atom. The fourth-order valence-electron chi connectivity index (χ4n) is 1.33. The maximum Gasteiger partial charge on any atom is 0.250 e. The van der Waals surface area contributed by atoms with E-state index >= 15 is 0 Å². The lowest BCUT2D eigenvalue weighted by Gasteiger charge is -1.95. The van der Waals surface area contributed by atoms with Crippen LogP contribution in [0.15, 0.2) is 30.3 Å². The monoisotopic (exact) mass is 246 g/mol. The number of halogens is 1. The van der Waals surface area contributed by atoms with Crippen molar-refractivity contribution in [2.45, 2.75) is 6.92 Å². The van der Waals surface area contributed by atoms with Gasteiger partial charge in [-0.05, 0) is 30.7 Å². The van der Waals surface area contributed by atoms with Crippen LogP contribution in [0.4, 0.5) is 10.3 Å². The van der Waals surface area contributed by atoms with Crippen LogP contribution in [-0.4, -0.2) is 21.1 Å². The van der Waals surface area contributed by atoms with Gasteiger partial charge in [-0.1, -0.05) is 12.1 Å². The Morgan fingerprint density at radius 3 is 3.00 bits per heavy atom. The van der Waals surface area contributed by atoms with E-state index < -0.39 is 0 Å². The number of rotatable bonds is 3. The minimum absolute atomic E-state index is 0.210. The molecule has 1 aromatic heterocycles. The molecule has 5 nitrogen and oxygen atoms in total. The molecule has 0 aliphatic rings. The molecule has 2 aromatic rings. The molecular weight excluding hydrogens is 235 g/mol. The van der Waals surface area contributed by atoms with Crippen molar-refractivity contribution in [3.63, 3.8) is 0 Å². The first-order valence-electron chi connectivity index (χ1n) is 5.27. The standard InChI is InChI=1S/C12H11FN4O/c1-8-14-12(17-16-8)15-11(18)6-5-9-3-2-4-10(13)7-9/h2-7H,1H3,(H2,14,15,16,17,18)/b6-5+. The average molecular weight is 246 g/mol. The number of carbonyl (C=O) groups is 1. The molecule has 0 aliphatic carbocycles. The van der Waals surface area contributed by atoms with Gasteiger partial charge in [0.1, 0.15) is 11.6 Å². The first-order chi connectivity index (χ1) is 8.63. The summed E-state index contributed by atoms with van der Waals surface area (Å²) < 4.78 is 12.9. The second-order valence-electron chi connectivity index (χ2n) is 3.62. The van der Waals surface area contributed by atoms with Gasteiger partial charge in [-0.15, -0.1) is 5.10 Å². The van der Waals surface area contributed by atoms with Crippen molar-refractivity contribution in [2.24, 2.45) is 0 Å². The molecule has 6 heteroatoms. The zero-order chi connectivity index (χ0) is 13.0. The van der Waals surface area contributed by atoms with Crippen LogP contribution in [0.5, 0.6) is 0 Å². The van der Waals surface area contributed by atoms with Gasteiger partial charge in [-0.2, -0.15) is 4.98 Å². The number of amides is 1. The highest BCUT2D eigenvalue weighted by molar-refractivity contribution is 6.00. The minimum Gasteiger partial charge on any atom is -0.290 e. The van der Waals surface area contributed by atoms with Gasteiger partial charge in [-0.25, -0.2) is 4.39 Å². The molecule has 0 aliphatic heterocycles. The fourth-order valence-corrected chi connectivity index (χ4v) is 1.33. The number of nitrogens with zero attached hydrogens (tertiary/aromatic N) is 2. The summed E-state index contributed by atoms with van der Waals surface area (Å²) in [6.07, 6.45) is 2.80. The van der Waals surface area contributed by atoms with Crippen LogP contribution in [0.2, 0.25) is 0 Å². The van der Waals surface area contributed by atoms with Gasteiger partial charge < -0.3 is 0 Å².